The summed E-state index contributed by atoms with van der Waals surface area (Å²) in [6, 6.07) is -0.230. The zero-order valence-corrected chi connectivity index (χ0v) is 9.06. The predicted molar refractivity (Wildman–Crippen MR) is 58.1 cm³/mol. The molecule has 0 radical (unpaired) electrons. The summed E-state index contributed by atoms with van der Waals surface area (Å²) in [6.07, 6.45) is 3.29. The Morgan fingerprint density at radius 1 is 1.36 bits per heavy atom. The fourth-order valence-corrected chi connectivity index (χ4v) is 1.18. The van der Waals surface area contributed by atoms with Gasteiger partial charge in [0.25, 0.3) is 0 Å². The lowest BCUT2D eigenvalue weighted by atomic mass is 9.96. The lowest BCUT2D eigenvalue weighted by molar-refractivity contribution is 0.433. The minimum Gasteiger partial charge on any atom is -0.151 e. The molecule has 14 heavy (non-hydrogen) atoms. The zero-order valence-electron chi connectivity index (χ0n) is 9.06. The smallest absolute Gasteiger partial charge is 0.0980 e. The molecular weight excluding hydrogens is 180 g/mol. The maximum absolute atomic E-state index is 10.5. The van der Waals surface area contributed by atoms with Crippen LogP contribution in [0.5, 0.6) is 0 Å². The van der Waals surface area contributed by atoms with E-state index in [9.17, 15) is 9.81 Å². The molecule has 2 unspecified atom stereocenters. The zero-order chi connectivity index (χ0) is 11.0. The first-order valence-electron chi connectivity index (χ1n) is 4.86. The normalized spacial score (nSPS) is 14.2. The van der Waals surface area contributed by atoms with Gasteiger partial charge < -0.3 is 0 Å². The Kier molecular flexibility index (Phi) is 6.80. The van der Waals surface area contributed by atoms with E-state index in [2.05, 4.69) is 10.4 Å². The summed E-state index contributed by atoms with van der Waals surface area (Å²) < 4.78 is 0. The summed E-state index contributed by atoms with van der Waals surface area (Å²) in [6.45, 7) is 6.16. The summed E-state index contributed by atoms with van der Waals surface area (Å²) in [5.41, 5.74) is 1.18. The maximum atomic E-state index is 10.5. The molecule has 0 saturated carbocycles. The molecule has 0 aliphatic rings. The molecule has 0 rings (SSSR count). The Morgan fingerprint density at radius 3 is 2.43 bits per heavy atom. The average Bonchev–Trinajstić information content (AvgIpc) is 2.15. The van der Waals surface area contributed by atoms with E-state index in [1.54, 1.807) is 0 Å². The fraction of sp³-hybridized carbons (Fsp3) is 0.800. The number of hydrogen-bond donors (Lipinski definition) is 0. The summed E-state index contributed by atoms with van der Waals surface area (Å²) in [5, 5.41) is 5.85. The van der Waals surface area contributed by atoms with Crippen LogP contribution in [-0.4, -0.2) is 12.6 Å². The lowest BCUT2D eigenvalue weighted by Crippen LogP contribution is -2.15. The van der Waals surface area contributed by atoms with E-state index in [0.717, 1.165) is 0 Å². The molecule has 0 aliphatic carbocycles. The highest BCUT2D eigenvalue weighted by molar-refractivity contribution is 4.96. The van der Waals surface area contributed by atoms with Gasteiger partial charge in [0.05, 0.1) is 12.6 Å². The minimum absolute atomic E-state index is 0.126. The third kappa shape index (κ3) is 5.56. The van der Waals surface area contributed by atoms with E-state index in [0.29, 0.717) is 12.8 Å². The van der Waals surface area contributed by atoms with Gasteiger partial charge in [-0.05, 0) is 32.6 Å². The van der Waals surface area contributed by atoms with Crippen molar-refractivity contribution in [3.8, 4) is 0 Å². The molecule has 0 amide bonds. The van der Waals surface area contributed by atoms with Gasteiger partial charge >= 0.3 is 0 Å². The van der Waals surface area contributed by atoms with Crippen LogP contribution in [0.2, 0.25) is 0 Å². The van der Waals surface area contributed by atoms with Crippen LogP contribution in [0.15, 0.2) is 22.0 Å². The van der Waals surface area contributed by atoms with Crippen LogP contribution in [0.1, 0.15) is 33.6 Å². The van der Waals surface area contributed by atoms with Gasteiger partial charge in [0, 0.05) is 0 Å². The highest BCUT2D eigenvalue weighted by atomic mass is 16.3. The van der Waals surface area contributed by atoms with Crippen molar-refractivity contribution in [3.63, 3.8) is 0 Å². The fourth-order valence-electron chi connectivity index (χ4n) is 1.18. The molecular formula is C10H18N2O2. The van der Waals surface area contributed by atoms with E-state index < -0.39 is 0 Å². The van der Waals surface area contributed by atoms with Crippen LogP contribution in [0, 0.1) is 15.7 Å². The van der Waals surface area contributed by atoms with Crippen molar-refractivity contribution in [3.05, 3.63) is 21.5 Å². The van der Waals surface area contributed by atoms with Crippen LogP contribution < -0.4 is 0 Å². The Bertz CT molecular complexity index is 210. The molecule has 2 atom stereocenters. The van der Waals surface area contributed by atoms with Crippen LogP contribution in [0.25, 0.3) is 0 Å². The lowest BCUT2D eigenvalue weighted by Gasteiger charge is -2.14. The predicted octanol–water partition coefficient (Wildman–Crippen LogP) is 3.27. The molecule has 0 aliphatic heterocycles. The molecule has 80 valence electrons. The third-order valence-electron chi connectivity index (χ3n) is 2.24. The van der Waals surface area contributed by atoms with Gasteiger partial charge in [-0.2, -0.15) is 9.81 Å². The van der Waals surface area contributed by atoms with Gasteiger partial charge in [-0.15, -0.1) is 0 Å². The van der Waals surface area contributed by atoms with Crippen molar-refractivity contribution < 1.29 is 0 Å². The first-order chi connectivity index (χ1) is 6.61. The number of rotatable bonds is 7. The highest BCUT2D eigenvalue weighted by Crippen LogP contribution is 2.16. The number of nitroso groups, excluding NO2 is 2. The van der Waals surface area contributed by atoms with Crippen molar-refractivity contribution in [2.45, 2.75) is 39.7 Å². The topological polar surface area (TPSA) is 58.9 Å². The Morgan fingerprint density at radius 2 is 2.00 bits per heavy atom. The van der Waals surface area contributed by atoms with Crippen molar-refractivity contribution in [1.29, 1.82) is 0 Å². The van der Waals surface area contributed by atoms with Crippen molar-refractivity contribution >= 4 is 0 Å². The van der Waals surface area contributed by atoms with Gasteiger partial charge in [-0.1, -0.05) is 28.9 Å². The molecule has 0 aromatic heterocycles. The molecule has 0 saturated heterocycles. The second kappa shape index (κ2) is 7.35. The second-order valence-electron chi connectivity index (χ2n) is 3.81. The van der Waals surface area contributed by atoms with E-state index >= 15 is 0 Å². The molecule has 0 spiro atoms. The minimum atomic E-state index is -0.230. The molecule has 4 nitrogen and oxygen atoms in total. The number of nitrogens with zero attached hydrogens (tertiary/aromatic N) is 2. The Balaban J connectivity index is 4.04. The van der Waals surface area contributed by atoms with Gasteiger partial charge in [-0.25, -0.2) is 0 Å². The van der Waals surface area contributed by atoms with Gasteiger partial charge in [0.2, 0.25) is 0 Å². The monoisotopic (exact) mass is 198 g/mol. The third-order valence-corrected chi connectivity index (χ3v) is 2.24. The first kappa shape index (κ1) is 12.9. The van der Waals surface area contributed by atoms with E-state index in [4.69, 9.17) is 0 Å². The summed E-state index contributed by atoms with van der Waals surface area (Å²) in [5.74, 6) is 0.126. The molecule has 0 fully saturated rings. The Hall–Kier alpha value is -1.06. The SMILES string of the molecule is CC(C)=CCC(N=O)C(C)CCN=O. The Labute approximate surface area is 84.7 Å². The molecule has 0 N–H and O–H groups in total. The quantitative estimate of drug-likeness (QED) is 0.465. The van der Waals surface area contributed by atoms with Gasteiger partial charge in [-0.3, -0.25) is 0 Å². The number of hydrogen-bond acceptors (Lipinski definition) is 4. The van der Waals surface area contributed by atoms with Gasteiger partial charge in [0.1, 0.15) is 0 Å². The molecule has 0 heterocycles. The average molecular weight is 198 g/mol. The highest BCUT2D eigenvalue weighted by Gasteiger charge is 2.16. The molecule has 0 aromatic rings. The van der Waals surface area contributed by atoms with Crippen molar-refractivity contribution in [2.24, 2.45) is 16.3 Å². The summed E-state index contributed by atoms with van der Waals surface area (Å²) >= 11 is 0. The summed E-state index contributed by atoms with van der Waals surface area (Å²) in [4.78, 5) is 20.4. The van der Waals surface area contributed by atoms with Crippen molar-refractivity contribution in [2.75, 3.05) is 6.54 Å². The summed E-state index contributed by atoms with van der Waals surface area (Å²) in [7, 11) is 0. The first-order valence-corrected chi connectivity index (χ1v) is 4.86. The number of allylic oxidation sites excluding steroid dienone is 1. The molecule has 0 aromatic carbocycles. The second-order valence-corrected chi connectivity index (χ2v) is 3.81. The maximum Gasteiger partial charge on any atom is 0.0980 e. The van der Waals surface area contributed by atoms with Crippen molar-refractivity contribution in [1.82, 2.24) is 0 Å². The standard InChI is InChI=1S/C10H18N2O2/c1-8(2)4-5-10(12-14)9(3)6-7-11-13/h4,9-10H,5-7H2,1-3H3. The largest absolute Gasteiger partial charge is 0.151 e. The van der Waals surface area contributed by atoms with Crippen LogP contribution in [0.4, 0.5) is 0 Å². The van der Waals surface area contributed by atoms with E-state index in [1.807, 2.05) is 26.8 Å². The van der Waals surface area contributed by atoms with E-state index in [-0.39, 0.29) is 18.5 Å². The van der Waals surface area contributed by atoms with Gasteiger partial charge in [0.15, 0.2) is 0 Å². The molecule has 0 bridgehead atoms. The van der Waals surface area contributed by atoms with Crippen LogP contribution >= 0.6 is 0 Å². The van der Waals surface area contributed by atoms with Crippen LogP contribution in [0.3, 0.4) is 0 Å². The molecule has 4 heteroatoms. The van der Waals surface area contributed by atoms with E-state index in [1.165, 1.54) is 5.57 Å². The van der Waals surface area contributed by atoms with Crippen LogP contribution in [-0.2, 0) is 0 Å².